The first-order valence-electron chi connectivity index (χ1n) is 4.27. The molecule has 0 bridgehead atoms. The summed E-state index contributed by atoms with van der Waals surface area (Å²) in [5.41, 5.74) is 1.40. The van der Waals surface area contributed by atoms with Crippen molar-refractivity contribution >= 4 is 15.9 Å². The van der Waals surface area contributed by atoms with Gasteiger partial charge in [-0.1, -0.05) is 28.1 Å². The van der Waals surface area contributed by atoms with Crippen LogP contribution in [0.1, 0.15) is 5.56 Å². The highest BCUT2D eigenvalue weighted by molar-refractivity contribution is 9.10. The Hall–Kier alpha value is -1.73. The van der Waals surface area contributed by atoms with Gasteiger partial charge in [0, 0.05) is 22.4 Å². The van der Waals surface area contributed by atoms with Crippen LogP contribution in [0.3, 0.4) is 0 Å². The average Bonchev–Trinajstić information content (AvgIpc) is 2.30. The monoisotopic (exact) mass is 259 g/mol. The fraction of sp³-hybridized carbons (Fsp3) is 0. The minimum Gasteiger partial charge on any atom is -0.235 e. The van der Waals surface area contributed by atoms with Crippen LogP contribution in [0, 0.1) is 11.3 Å². The van der Waals surface area contributed by atoms with Crippen LogP contribution in [0.5, 0.6) is 0 Å². The van der Waals surface area contributed by atoms with Gasteiger partial charge in [0.1, 0.15) is 6.07 Å². The molecule has 4 heteroatoms. The number of rotatable bonds is 1. The topological polar surface area (TPSA) is 49.6 Å². The molecule has 0 unspecified atom stereocenters. The van der Waals surface area contributed by atoms with Crippen molar-refractivity contribution in [2.75, 3.05) is 0 Å². The molecular weight excluding hydrogens is 254 g/mol. The fourth-order valence-corrected chi connectivity index (χ4v) is 1.40. The summed E-state index contributed by atoms with van der Waals surface area (Å²) in [5.74, 6) is 0.626. The third-order valence-corrected chi connectivity index (χ3v) is 2.41. The smallest absolute Gasteiger partial charge is 0.159 e. The average molecular weight is 260 g/mol. The second kappa shape index (κ2) is 4.20. The van der Waals surface area contributed by atoms with Crippen LogP contribution in [0.4, 0.5) is 0 Å². The Morgan fingerprint density at radius 2 is 1.67 bits per heavy atom. The van der Waals surface area contributed by atoms with Crippen LogP contribution >= 0.6 is 15.9 Å². The van der Waals surface area contributed by atoms with Crippen LogP contribution in [0.25, 0.3) is 11.4 Å². The van der Waals surface area contributed by atoms with E-state index in [1.165, 1.54) is 12.4 Å². The van der Waals surface area contributed by atoms with Gasteiger partial charge in [-0.2, -0.15) is 5.26 Å². The maximum Gasteiger partial charge on any atom is 0.159 e. The van der Waals surface area contributed by atoms with E-state index in [2.05, 4.69) is 25.9 Å². The molecule has 0 saturated carbocycles. The highest BCUT2D eigenvalue weighted by Crippen LogP contribution is 2.17. The third kappa shape index (κ3) is 2.20. The molecule has 0 saturated heterocycles. The molecule has 1 aromatic heterocycles. The lowest BCUT2D eigenvalue weighted by atomic mass is 10.2. The first-order chi connectivity index (χ1) is 7.29. The number of nitriles is 1. The molecule has 1 heterocycles. The van der Waals surface area contributed by atoms with Crippen molar-refractivity contribution in [3.63, 3.8) is 0 Å². The Morgan fingerprint density at radius 3 is 2.20 bits per heavy atom. The molecule has 0 aliphatic rings. The van der Waals surface area contributed by atoms with Crippen LogP contribution < -0.4 is 0 Å². The van der Waals surface area contributed by atoms with Gasteiger partial charge in [-0.25, -0.2) is 9.97 Å². The molecular formula is C11H6BrN3. The van der Waals surface area contributed by atoms with Gasteiger partial charge in [0.2, 0.25) is 0 Å². The quantitative estimate of drug-likeness (QED) is 0.792. The van der Waals surface area contributed by atoms with Gasteiger partial charge in [-0.05, 0) is 12.1 Å². The number of aromatic nitrogens is 2. The van der Waals surface area contributed by atoms with Crippen molar-refractivity contribution in [3.8, 4) is 17.5 Å². The molecule has 2 rings (SSSR count). The van der Waals surface area contributed by atoms with Gasteiger partial charge in [0.25, 0.3) is 0 Å². The van der Waals surface area contributed by atoms with E-state index in [4.69, 9.17) is 5.26 Å². The number of benzene rings is 1. The predicted octanol–water partition coefficient (Wildman–Crippen LogP) is 2.78. The van der Waals surface area contributed by atoms with Crippen molar-refractivity contribution in [2.45, 2.75) is 0 Å². The SMILES string of the molecule is N#Cc1cnc(-c2ccc(Br)cc2)nc1. The Bertz CT molecular complexity index is 497. The summed E-state index contributed by atoms with van der Waals surface area (Å²) >= 11 is 3.36. The molecule has 2 aromatic rings. The molecule has 1 aromatic carbocycles. The number of hydrogen-bond acceptors (Lipinski definition) is 3. The number of halogens is 1. The van der Waals surface area contributed by atoms with E-state index in [1.54, 1.807) is 0 Å². The van der Waals surface area contributed by atoms with Crippen molar-refractivity contribution < 1.29 is 0 Å². The summed E-state index contributed by atoms with van der Waals surface area (Å²) in [4.78, 5) is 8.20. The lowest BCUT2D eigenvalue weighted by Crippen LogP contribution is -1.89. The molecule has 0 aliphatic carbocycles. The summed E-state index contributed by atoms with van der Waals surface area (Å²) in [6.45, 7) is 0. The second-order valence-electron chi connectivity index (χ2n) is 2.91. The fourth-order valence-electron chi connectivity index (χ4n) is 1.13. The molecule has 0 radical (unpaired) electrons. The normalized spacial score (nSPS) is 9.60. The van der Waals surface area contributed by atoms with Gasteiger partial charge in [-0.15, -0.1) is 0 Å². The lowest BCUT2D eigenvalue weighted by molar-refractivity contribution is 1.16. The van der Waals surface area contributed by atoms with Crippen LogP contribution in [0.2, 0.25) is 0 Å². The van der Waals surface area contributed by atoms with Gasteiger partial charge >= 0.3 is 0 Å². The van der Waals surface area contributed by atoms with E-state index in [0.717, 1.165) is 10.0 Å². The molecule has 72 valence electrons. The first kappa shape index (κ1) is 9.81. The zero-order chi connectivity index (χ0) is 10.7. The Kier molecular flexibility index (Phi) is 2.75. The van der Waals surface area contributed by atoms with E-state index < -0.39 is 0 Å². The van der Waals surface area contributed by atoms with Gasteiger partial charge in [0.05, 0.1) is 5.56 Å². The third-order valence-electron chi connectivity index (χ3n) is 1.88. The maximum absolute atomic E-state index is 8.60. The summed E-state index contributed by atoms with van der Waals surface area (Å²) in [6.07, 6.45) is 3.04. The zero-order valence-corrected chi connectivity index (χ0v) is 9.27. The van der Waals surface area contributed by atoms with E-state index in [1.807, 2.05) is 30.3 Å². The lowest BCUT2D eigenvalue weighted by Gasteiger charge is -1.99. The molecule has 0 spiro atoms. The van der Waals surface area contributed by atoms with Crippen molar-refractivity contribution in [3.05, 3.63) is 46.7 Å². The van der Waals surface area contributed by atoms with Crippen LogP contribution in [0.15, 0.2) is 41.1 Å². The van der Waals surface area contributed by atoms with E-state index in [-0.39, 0.29) is 0 Å². The van der Waals surface area contributed by atoms with E-state index >= 15 is 0 Å². The molecule has 0 amide bonds. The highest BCUT2D eigenvalue weighted by Gasteiger charge is 2.00. The standard InChI is InChI=1S/C11H6BrN3/c12-10-3-1-9(2-4-10)11-14-6-8(5-13)7-15-11/h1-4,6-7H. The Balaban J connectivity index is 2.38. The summed E-state index contributed by atoms with van der Waals surface area (Å²) in [7, 11) is 0. The zero-order valence-electron chi connectivity index (χ0n) is 7.68. The predicted molar refractivity (Wildman–Crippen MR) is 59.9 cm³/mol. The molecule has 0 aliphatic heterocycles. The minimum absolute atomic E-state index is 0.468. The van der Waals surface area contributed by atoms with Gasteiger partial charge < -0.3 is 0 Å². The van der Waals surface area contributed by atoms with E-state index in [9.17, 15) is 0 Å². The van der Waals surface area contributed by atoms with Crippen molar-refractivity contribution in [2.24, 2.45) is 0 Å². The minimum atomic E-state index is 0.468. The second-order valence-corrected chi connectivity index (χ2v) is 3.83. The van der Waals surface area contributed by atoms with Gasteiger partial charge in [-0.3, -0.25) is 0 Å². The summed E-state index contributed by atoms with van der Waals surface area (Å²) in [6, 6.07) is 9.68. The van der Waals surface area contributed by atoms with Crippen LogP contribution in [-0.4, -0.2) is 9.97 Å². The van der Waals surface area contributed by atoms with Crippen molar-refractivity contribution in [1.29, 1.82) is 5.26 Å². The number of hydrogen-bond donors (Lipinski definition) is 0. The molecule has 15 heavy (non-hydrogen) atoms. The summed E-state index contributed by atoms with van der Waals surface area (Å²) < 4.78 is 1.01. The highest BCUT2D eigenvalue weighted by atomic mass is 79.9. The van der Waals surface area contributed by atoms with Gasteiger partial charge in [0.15, 0.2) is 5.82 Å². The molecule has 0 N–H and O–H groups in total. The molecule has 3 nitrogen and oxygen atoms in total. The summed E-state index contributed by atoms with van der Waals surface area (Å²) in [5, 5.41) is 8.60. The Labute approximate surface area is 95.6 Å². The number of nitrogens with zero attached hydrogens (tertiary/aromatic N) is 3. The van der Waals surface area contributed by atoms with E-state index in [0.29, 0.717) is 11.4 Å². The Morgan fingerprint density at radius 1 is 1.07 bits per heavy atom. The van der Waals surface area contributed by atoms with Crippen molar-refractivity contribution in [1.82, 2.24) is 9.97 Å². The molecule has 0 fully saturated rings. The van der Waals surface area contributed by atoms with Crippen LogP contribution in [-0.2, 0) is 0 Å². The first-order valence-corrected chi connectivity index (χ1v) is 5.07. The molecule has 0 atom stereocenters. The maximum atomic E-state index is 8.60. The largest absolute Gasteiger partial charge is 0.235 e.